The first-order valence-corrected chi connectivity index (χ1v) is 10.1. The molecule has 0 spiro atoms. The van der Waals surface area contributed by atoms with Crippen LogP contribution in [-0.2, 0) is 4.74 Å². The largest absolute Gasteiger partial charge is 0.505 e. The van der Waals surface area contributed by atoms with E-state index in [9.17, 15) is 23.2 Å². The lowest BCUT2D eigenvalue weighted by molar-refractivity contribution is 0.0444. The van der Waals surface area contributed by atoms with Crippen LogP contribution < -0.4 is 0 Å². The van der Waals surface area contributed by atoms with E-state index in [1.807, 2.05) is 0 Å². The van der Waals surface area contributed by atoms with Crippen molar-refractivity contribution in [2.45, 2.75) is 0 Å². The van der Waals surface area contributed by atoms with Gasteiger partial charge in [0.05, 0.1) is 31.8 Å². The van der Waals surface area contributed by atoms with Crippen LogP contribution in [0.5, 0.6) is 11.5 Å². The molecule has 3 aromatic carbocycles. The van der Waals surface area contributed by atoms with Gasteiger partial charge in [0.1, 0.15) is 0 Å². The van der Waals surface area contributed by atoms with Crippen LogP contribution in [0.1, 0.15) is 31.1 Å². The smallest absolute Gasteiger partial charge is 0.348 e. The van der Waals surface area contributed by atoms with Gasteiger partial charge in [0.25, 0.3) is 5.24 Å². The number of aromatic hydroxyl groups is 2. The first kappa shape index (κ1) is 24.7. The number of fused-ring (bicyclic) bond motifs is 1. The van der Waals surface area contributed by atoms with Crippen molar-refractivity contribution in [3.05, 3.63) is 79.8 Å². The summed E-state index contributed by atoms with van der Waals surface area (Å²) in [4.78, 5) is 33.8. The minimum absolute atomic E-state index is 0.256. The first-order valence-electron chi connectivity index (χ1n) is 8.58. The predicted octanol–water partition coefficient (Wildman–Crippen LogP) is 6.38. The van der Waals surface area contributed by atoms with Gasteiger partial charge >= 0.3 is 11.9 Å². The van der Waals surface area contributed by atoms with E-state index in [1.165, 1.54) is 24.3 Å². The van der Waals surface area contributed by atoms with E-state index in [2.05, 4.69) is 4.74 Å². The van der Waals surface area contributed by atoms with Crippen molar-refractivity contribution in [1.29, 1.82) is 0 Å². The van der Waals surface area contributed by atoms with E-state index in [0.717, 1.165) is 12.1 Å². The normalized spacial score (nSPS) is 12.1. The maximum Gasteiger partial charge on any atom is 0.348 e. The predicted molar refractivity (Wildman–Crippen MR) is 117 cm³/mol. The standard InChI is InChI=1S/C12H8F2O2.C9Cl4O4/c13-9-5-7(1-3-11(9)15)8-2-4-12(16)10(14)6-8;10-4-1-2(9(16)17-8(1)15)5(11)6(12)3(4)7(13)14/h1-6,15-16H;. The molecule has 0 saturated carbocycles. The monoisotopic (exact) mass is 534 g/mol. The summed E-state index contributed by atoms with van der Waals surface area (Å²) in [7, 11) is 0. The summed E-state index contributed by atoms with van der Waals surface area (Å²) in [5.41, 5.74) is -0.0304. The molecule has 1 aliphatic heterocycles. The number of esters is 2. The minimum Gasteiger partial charge on any atom is -0.505 e. The Balaban J connectivity index is 0.000000186. The van der Waals surface area contributed by atoms with Gasteiger partial charge in [-0.05, 0) is 47.0 Å². The molecule has 0 amide bonds. The molecule has 0 aromatic heterocycles. The zero-order chi connectivity index (χ0) is 24.6. The van der Waals surface area contributed by atoms with Crippen LogP contribution in [0.2, 0.25) is 15.1 Å². The van der Waals surface area contributed by atoms with Crippen LogP contribution in [0.4, 0.5) is 8.78 Å². The van der Waals surface area contributed by atoms with Gasteiger partial charge in [-0.1, -0.05) is 46.9 Å². The quantitative estimate of drug-likeness (QED) is 0.171. The van der Waals surface area contributed by atoms with Crippen LogP contribution in [0.15, 0.2) is 36.4 Å². The van der Waals surface area contributed by atoms with Crippen molar-refractivity contribution in [3.8, 4) is 22.6 Å². The molecule has 2 N–H and O–H groups in total. The summed E-state index contributed by atoms with van der Waals surface area (Å²) in [6.07, 6.45) is 0. The molecule has 6 nitrogen and oxygen atoms in total. The molecule has 0 radical (unpaired) electrons. The second-order valence-electron chi connectivity index (χ2n) is 6.35. The van der Waals surface area contributed by atoms with Crippen molar-refractivity contribution >= 4 is 63.6 Å². The number of ether oxygens (including phenoxy) is 1. The molecule has 0 atom stereocenters. The van der Waals surface area contributed by atoms with Crippen LogP contribution in [-0.4, -0.2) is 27.4 Å². The van der Waals surface area contributed by atoms with E-state index in [1.54, 1.807) is 0 Å². The van der Waals surface area contributed by atoms with E-state index < -0.39 is 40.3 Å². The number of carbonyl (C=O) groups is 3. The summed E-state index contributed by atoms with van der Waals surface area (Å²) in [5, 5.41) is 16.1. The number of benzene rings is 3. The maximum absolute atomic E-state index is 13.1. The van der Waals surface area contributed by atoms with Gasteiger partial charge in [0, 0.05) is 0 Å². The van der Waals surface area contributed by atoms with Gasteiger partial charge < -0.3 is 14.9 Å². The summed E-state index contributed by atoms with van der Waals surface area (Å²) in [6.45, 7) is 0. The average molecular weight is 536 g/mol. The molecule has 33 heavy (non-hydrogen) atoms. The molecule has 0 unspecified atom stereocenters. The summed E-state index contributed by atoms with van der Waals surface area (Å²) in [5.74, 6) is -4.41. The van der Waals surface area contributed by atoms with E-state index in [-0.39, 0.29) is 31.8 Å². The van der Waals surface area contributed by atoms with Crippen LogP contribution in [0.3, 0.4) is 0 Å². The van der Waals surface area contributed by atoms with E-state index >= 15 is 0 Å². The number of phenolic OH excluding ortho intramolecular Hbond substituents is 2. The second kappa shape index (κ2) is 9.52. The van der Waals surface area contributed by atoms with Gasteiger partial charge in [-0.2, -0.15) is 0 Å². The number of cyclic esters (lactones) is 2. The molecule has 1 aliphatic rings. The van der Waals surface area contributed by atoms with Gasteiger partial charge in [0.2, 0.25) is 0 Å². The van der Waals surface area contributed by atoms with Crippen molar-refractivity contribution in [2.75, 3.05) is 0 Å². The Morgan fingerprint density at radius 1 is 0.758 bits per heavy atom. The maximum atomic E-state index is 13.1. The lowest BCUT2D eigenvalue weighted by Gasteiger charge is -2.07. The third-order valence-corrected chi connectivity index (χ3v) is 5.76. The molecule has 3 aromatic rings. The van der Waals surface area contributed by atoms with Crippen molar-refractivity contribution in [1.82, 2.24) is 0 Å². The fourth-order valence-electron chi connectivity index (χ4n) is 2.78. The van der Waals surface area contributed by atoms with Crippen LogP contribution in [0.25, 0.3) is 11.1 Å². The van der Waals surface area contributed by atoms with Gasteiger partial charge in [-0.3, -0.25) is 4.79 Å². The summed E-state index contributed by atoms with van der Waals surface area (Å²) in [6, 6.07) is 7.50. The highest BCUT2D eigenvalue weighted by molar-refractivity contribution is 6.70. The molecule has 0 saturated heterocycles. The van der Waals surface area contributed by atoms with Gasteiger partial charge in [-0.25, -0.2) is 18.4 Å². The summed E-state index contributed by atoms with van der Waals surface area (Å²) < 4.78 is 30.4. The highest BCUT2D eigenvalue weighted by Crippen LogP contribution is 2.42. The lowest BCUT2D eigenvalue weighted by atomic mass is 10.1. The fourth-order valence-corrected chi connectivity index (χ4v) is 4.00. The minimum atomic E-state index is -0.993. The Bertz CT molecular complexity index is 1290. The molecular weight excluding hydrogens is 528 g/mol. The molecular formula is C21H8Cl4F2O6. The number of hydrogen-bond acceptors (Lipinski definition) is 6. The Kier molecular flexibility index (Phi) is 7.14. The first-order chi connectivity index (χ1) is 15.4. The third-order valence-electron chi connectivity index (χ3n) is 4.34. The fraction of sp³-hybridized carbons (Fsp3) is 0. The zero-order valence-electron chi connectivity index (χ0n) is 15.8. The van der Waals surface area contributed by atoms with Crippen molar-refractivity contribution in [2.24, 2.45) is 0 Å². The van der Waals surface area contributed by atoms with Crippen molar-refractivity contribution < 1.29 is 38.1 Å². The van der Waals surface area contributed by atoms with Gasteiger partial charge in [0.15, 0.2) is 23.1 Å². The molecule has 0 fully saturated rings. The Labute approximate surface area is 203 Å². The van der Waals surface area contributed by atoms with Crippen molar-refractivity contribution in [3.63, 3.8) is 0 Å². The highest BCUT2D eigenvalue weighted by atomic mass is 35.5. The molecule has 170 valence electrons. The van der Waals surface area contributed by atoms with E-state index in [4.69, 9.17) is 56.6 Å². The number of carbonyl (C=O) groups excluding carboxylic acids is 3. The van der Waals surface area contributed by atoms with Gasteiger partial charge in [-0.15, -0.1) is 0 Å². The second-order valence-corrected chi connectivity index (χ2v) is 7.83. The molecule has 12 heteroatoms. The Hall–Kier alpha value is -2.91. The topological polar surface area (TPSA) is 101 Å². The number of hydrogen-bond donors (Lipinski definition) is 2. The summed E-state index contributed by atoms with van der Waals surface area (Å²) >= 11 is 22.6. The number of halogens is 6. The van der Waals surface area contributed by atoms with E-state index in [0.29, 0.717) is 11.1 Å². The zero-order valence-corrected chi connectivity index (χ0v) is 18.8. The third kappa shape index (κ3) is 4.74. The SMILES string of the molecule is O=C(Cl)c1c(Cl)c(Cl)c2c(c1Cl)C(=O)OC2=O.Oc1ccc(-c2ccc(O)c(F)c2)cc1F. The highest BCUT2D eigenvalue weighted by Gasteiger charge is 2.38. The lowest BCUT2D eigenvalue weighted by Crippen LogP contribution is -2.02. The van der Waals surface area contributed by atoms with Crippen LogP contribution in [0, 0.1) is 11.6 Å². The molecule has 0 bridgehead atoms. The Morgan fingerprint density at radius 3 is 1.58 bits per heavy atom. The molecule has 1 heterocycles. The molecule has 4 rings (SSSR count). The number of phenols is 2. The number of rotatable bonds is 2. The van der Waals surface area contributed by atoms with Crippen LogP contribution >= 0.6 is 46.4 Å². The average Bonchev–Trinajstić information content (AvgIpc) is 3.05. The molecule has 0 aliphatic carbocycles. The Morgan fingerprint density at radius 2 is 1.18 bits per heavy atom.